The first-order chi connectivity index (χ1) is 6.66. The van der Waals surface area contributed by atoms with Gasteiger partial charge in [0.05, 0.1) is 5.56 Å². The molecule has 5 nitrogen and oxygen atoms in total. The van der Waals surface area contributed by atoms with Crippen molar-refractivity contribution < 1.29 is 9.90 Å². The third-order valence-electron chi connectivity index (χ3n) is 2.25. The molecule has 0 saturated heterocycles. The van der Waals surface area contributed by atoms with E-state index in [0.717, 1.165) is 19.0 Å². The number of nitrogens with zero attached hydrogens (tertiary/aromatic N) is 2. The van der Waals surface area contributed by atoms with Gasteiger partial charge in [0, 0.05) is 18.9 Å². The van der Waals surface area contributed by atoms with Crippen molar-refractivity contribution in [1.29, 1.82) is 0 Å². The highest BCUT2D eigenvalue weighted by molar-refractivity contribution is 5.86. The Morgan fingerprint density at radius 1 is 1.64 bits per heavy atom. The quantitative estimate of drug-likeness (QED) is 0.753. The second kappa shape index (κ2) is 3.25. The zero-order chi connectivity index (χ0) is 10.1. The molecule has 1 N–H and O–H groups in total. The summed E-state index contributed by atoms with van der Waals surface area (Å²) in [5.74, 6) is -0.527. The third-order valence-corrected chi connectivity index (χ3v) is 2.25. The fourth-order valence-electron chi connectivity index (χ4n) is 1.28. The molecule has 0 radical (unpaired) electrons. The summed E-state index contributed by atoms with van der Waals surface area (Å²) in [5, 5.41) is 8.69. The second-order valence-corrected chi connectivity index (χ2v) is 3.53. The minimum Gasteiger partial charge on any atom is -0.478 e. The third kappa shape index (κ3) is 1.81. The molecule has 1 aromatic heterocycles. The Morgan fingerprint density at radius 2 is 2.36 bits per heavy atom. The van der Waals surface area contributed by atoms with Gasteiger partial charge >= 0.3 is 11.7 Å². The summed E-state index contributed by atoms with van der Waals surface area (Å²) in [4.78, 5) is 25.3. The number of rotatable bonds is 3. The van der Waals surface area contributed by atoms with Gasteiger partial charge in [0.2, 0.25) is 0 Å². The standard InChI is InChI=1S/C9H10N2O3/c12-8(13)7-3-10-9(14)11(5-7)4-6-1-2-6/h3,5-6H,1-2,4H2,(H,12,13). The first-order valence-corrected chi connectivity index (χ1v) is 4.46. The molecule has 5 heteroatoms. The second-order valence-electron chi connectivity index (χ2n) is 3.53. The van der Waals surface area contributed by atoms with E-state index in [4.69, 9.17) is 5.11 Å². The van der Waals surface area contributed by atoms with E-state index in [1.54, 1.807) is 0 Å². The molecule has 1 fully saturated rings. The minimum absolute atomic E-state index is 0.0604. The highest BCUT2D eigenvalue weighted by atomic mass is 16.4. The molecule has 0 atom stereocenters. The van der Waals surface area contributed by atoms with Gasteiger partial charge < -0.3 is 5.11 Å². The Morgan fingerprint density at radius 3 is 2.93 bits per heavy atom. The first kappa shape index (κ1) is 8.93. The Labute approximate surface area is 80.0 Å². The predicted molar refractivity (Wildman–Crippen MR) is 48.2 cm³/mol. The Kier molecular flexibility index (Phi) is 2.07. The summed E-state index contributed by atoms with van der Waals surface area (Å²) < 4.78 is 1.38. The van der Waals surface area contributed by atoms with Gasteiger partial charge in [-0.25, -0.2) is 14.6 Å². The number of carboxylic acids is 1. The molecule has 14 heavy (non-hydrogen) atoms. The van der Waals surface area contributed by atoms with Crippen LogP contribution in [-0.2, 0) is 6.54 Å². The summed E-state index contributed by atoms with van der Waals surface area (Å²) in [5.41, 5.74) is -0.313. The Bertz CT molecular complexity index is 420. The molecule has 2 rings (SSSR count). The topological polar surface area (TPSA) is 72.2 Å². The van der Waals surface area contributed by atoms with Crippen LogP contribution in [0.25, 0.3) is 0 Å². The monoisotopic (exact) mass is 194 g/mol. The van der Waals surface area contributed by atoms with E-state index in [1.807, 2.05) is 0 Å². The highest BCUT2D eigenvalue weighted by Gasteiger charge is 2.22. The van der Waals surface area contributed by atoms with E-state index in [2.05, 4.69) is 4.98 Å². The van der Waals surface area contributed by atoms with Crippen molar-refractivity contribution >= 4 is 5.97 Å². The van der Waals surface area contributed by atoms with Gasteiger partial charge in [-0.05, 0) is 18.8 Å². The van der Waals surface area contributed by atoms with Crippen LogP contribution in [-0.4, -0.2) is 20.6 Å². The van der Waals surface area contributed by atoms with Crippen LogP contribution in [0.2, 0.25) is 0 Å². The molecule has 0 spiro atoms. The number of aromatic nitrogens is 2. The van der Waals surface area contributed by atoms with Crippen molar-refractivity contribution in [1.82, 2.24) is 9.55 Å². The average Bonchev–Trinajstić information content (AvgIpc) is 2.92. The normalized spacial score (nSPS) is 15.4. The molecule has 0 aliphatic heterocycles. The molecule has 1 heterocycles. The lowest BCUT2D eigenvalue weighted by atomic mass is 10.3. The van der Waals surface area contributed by atoms with Gasteiger partial charge in [0.1, 0.15) is 0 Å². The maximum absolute atomic E-state index is 11.2. The van der Waals surface area contributed by atoms with Gasteiger partial charge in [0.15, 0.2) is 0 Å². The van der Waals surface area contributed by atoms with Crippen molar-refractivity contribution in [2.45, 2.75) is 19.4 Å². The molecule has 0 unspecified atom stereocenters. The fourth-order valence-corrected chi connectivity index (χ4v) is 1.28. The number of hydrogen-bond donors (Lipinski definition) is 1. The van der Waals surface area contributed by atoms with Crippen LogP contribution in [0.3, 0.4) is 0 Å². The highest BCUT2D eigenvalue weighted by Crippen LogP contribution is 2.29. The molecular weight excluding hydrogens is 184 g/mol. The smallest absolute Gasteiger partial charge is 0.347 e. The summed E-state index contributed by atoms with van der Waals surface area (Å²) in [6.45, 7) is 0.590. The maximum atomic E-state index is 11.2. The van der Waals surface area contributed by atoms with E-state index in [0.29, 0.717) is 12.5 Å². The molecule has 0 aromatic carbocycles. The summed E-state index contributed by atoms with van der Waals surface area (Å²) >= 11 is 0. The summed E-state index contributed by atoms with van der Waals surface area (Å²) in [7, 11) is 0. The van der Waals surface area contributed by atoms with Gasteiger partial charge in [-0.2, -0.15) is 0 Å². The van der Waals surface area contributed by atoms with Crippen molar-refractivity contribution in [2.75, 3.05) is 0 Å². The number of hydrogen-bond acceptors (Lipinski definition) is 3. The van der Waals surface area contributed by atoms with E-state index in [1.165, 1.54) is 10.8 Å². The van der Waals surface area contributed by atoms with Gasteiger partial charge in [-0.15, -0.1) is 0 Å². The van der Waals surface area contributed by atoms with Crippen molar-refractivity contribution in [3.63, 3.8) is 0 Å². The van der Waals surface area contributed by atoms with E-state index >= 15 is 0 Å². The lowest BCUT2D eigenvalue weighted by Crippen LogP contribution is -2.24. The van der Waals surface area contributed by atoms with Crippen LogP contribution >= 0.6 is 0 Å². The molecule has 1 saturated carbocycles. The van der Waals surface area contributed by atoms with Crippen molar-refractivity contribution in [2.24, 2.45) is 5.92 Å². The summed E-state index contributed by atoms with van der Waals surface area (Å²) in [6.07, 6.45) is 4.68. The Hall–Kier alpha value is -1.65. The Balaban J connectivity index is 2.31. The SMILES string of the molecule is O=C(O)c1cnc(=O)n(CC2CC2)c1. The van der Waals surface area contributed by atoms with E-state index in [9.17, 15) is 9.59 Å². The van der Waals surface area contributed by atoms with Crippen LogP contribution < -0.4 is 5.69 Å². The first-order valence-electron chi connectivity index (χ1n) is 4.46. The van der Waals surface area contributed by atoms with Crippen molar-refractivity contribution in [3.05, 3.63) is 28.4 Å². The van der Waals surface area contributed by atoms with Crippen LogP contribution in [0.15, 0.2) is 17.2 Å². The van der Waals surface area contributed by atoms with Crippen LogP contribution in [0.1, 0.15) is 23.2 Å². The molecule has 74 valence electrons. The molecule has 1 aromatic rings. The van der Waals surface area contributed by atoms with Gasteiger partial charge in [-0.3, -0.25) is 4.57 Å². The lowest BCUT2D eigenvalue weighted by molar-refractivity contribution is 0.0695. The number of aromatic carboxylic acids is 1. The van der Waals surface area contributed by atoms with Crippen LogP contribution in [0.4, 0.5) is 0 Å². The van der Waals surface area contributed by atoms with E-state index in [-0.39, 0.29) is 11.3 Å². The number of carbonyl (C=O) groups is 1. The maximum Gasteiger partial charge on any atom is 0.347 e. The molecule has 1 aliphatic rings. The number of carboxylic acid groups (broad SMARTS) is 1. The van der Waals surface area contributed by atoms with E-state index < -0.39 is 5.97 Å². The van der Waals surface area contributed by atoms with Gasteiger partial charge in [0.25, 0.3) is 0 Å². The van der Waals surface area contributed by atoms with Crippen LogP contribution in [0, 0.1) is 5.92 Å². The predicted octanol–water partition coefficient (Wildman–Crippen LogP) is 0.351. The van der Waals surface area contributed by atoms with Crippen LogP contribution in [0.5, 0.6) is 0 Å². The molecule has 0 bridgehead atoms. The van der Waals surface area contributed by atoms with Gasteiger partial charge in [-0.1, -0.05) is 0 Å². The summed E-state index contributed by atoms with van der Waals surface area (Å²) in [6, 6.07) is 0. The zero-order valence-corrected chi connectivity index (χ0v) is 7.51. The largest absolute Gasteiger partial charge is 0.478 e. The molecule has 0 amide bonds. The fraction of sp³-hybridized carbons (Fsp3) is 0.444. The minimum atomic E-state index is -1.05. The molecule has 1 aliphatic carbocycles. The van der Waals surface area contributed by atoms with Crippen molar-refractivity contribution in [3.8, 4) is 0 Å². The lowest BCUT2D eigenvalue weighted by Gasteiger charge is -2.03. The zero-order valence-electron chi connectivity index (χ0n) is 7.51. The molecular formula is C9H10N2O3. The average molecular weight is 194 g/mol.